The van der Waals surface area contributed by atoms with E-state index in [1.165, 1.54) is 0 Å². The van der Waals surface area contributed by atoms with Crippen molar-refractivity contribution in [3.8, 4) is 11.1 Å². The molecule has 0 aliphatic carbocycles. The molecule has 0 spiro atoms. The summed E-state index contributed by atoms with van der Waals surface area (Å²) in [7, 11) is 0. The van der Waals surface area contributed by atoms with Crippen LogP contribution in [0.3, 0.4) is 0 Å². The number of H-pyrrole nitrogens is 1. The molecule has 2 heterocycles. The maximum Gasteiger partial charge on any atom is 0.102 e. The third-order valence-corrected chi connectivity index (χ3v) is 3.65. The van der Waals surface area contributed by atoms with Gasteiger partial charge in [0.25, 0.3) is 0 Å². The van der Waals surface area contributed by atoms with Gasteiger partial charge in [0.15, 0.2) is 0 Å². The van der Waals surface area contributed by atoms with Crippen molar-refractivity contribution in [3.63, 3.8) is 0 Å². The second kappa shape index (κ2) is 5.42. The number of aromatic amines is 1. The van der Waals surface area contributed by atoms with Crippen LogP contribution in [0.5, 0.6) is 0 Å². The number of benzene rings is 1. The van der Waals surface area contributed by atoms with Crippen molar-refractivity contribution in [1.29, 1.82) is 0 Å². The normalized spacial score (nSPS) is 12.4. The van der Waals surface area contributed by atoms with Gasteiger partial charge in [-0.3, -0.25) is 4.98 Å². The van der Waals surface area contributed by atoms with Crippen LogP contribution in [0, 0.1) is 0 Å². The maximum atomic E-state index is 9.39. The van der Waals surface area contributed by atoms with Gasteiger partial charge in [-0.05, 0) is 47.4 Å². The number of aromatic nitrogens is 2. The van der Waals surface area contributed by atoms with Crippen molar-refractivity contribution in [2.45, 2.75) is 12.5 Å². The number of nitrogens with two attached hydrogens (primary N) is 1. The molecule has 4 heteroatoms. The quantitative estimate of drug-likeness (QED) is 0.642. The van der Waals surface area contributed by atoms with Gasteiger partial charge in [0.05, 0.1) is 6.04 Å². The molecule has 4 N–H and O–H groups in total. The molecule has 21 heavy (non-hydrogen) atoms. The monoisotopic (exact) mass is 279 g/mol. The number of nitrogens with zero attached hydrogens (tertiary/aromatic N) is 1. The van der Waals surface area contributed by atoms with E-state index in [-0.39, 0.29) is 5.76 Å². The minimum absolute atomic E-state index is 0.00892. The summed E-state index contributed by atoms with van der Waals surface area (Å²) in [6.45, 7) is 3.49. The van der Waals surface area contributed by atoms with Gasteiger partial charge in [-0.2, -0.15) is 0 Å². The molecule has 1 unspecified atom stereocenters. The zero-order valence-corrected chi connectivity index (χ0v) is 11.6. The fourth-order valence-electron chi connectivity index (χ4n) is 2.43. The van der Waals surface area contributed by atoms with Crippen molar-refractivity contribution in [2.75, 3.05) is 0 Å². The lowest BCUT2D eigenvalue weighted by atomic mass is 10.0. The summed E-state index contributed by atoms with van der Waals surface area (Å²) in [5.74, 6) is 0.00892. The Labute approximate surface area is 123 Å². The Balaban J connectivity index is 2.02. The van der Waals surface area contributed by atoms with Gasteiger partial charge in [0.2, 0.25) is 0 Å². The number of aliphatic hydroxyl groups is 1. The number of hydrogen-bond acceptors (Lipinski definition) is 3. The zero-order valence-electron chi connectivity index (χ0n) is 11.6. The van der Waals surface area contributed by atoms with Gasteiger partial charge in [0.1, 0.15) is 5.76 Å². The minimum Gasteiger partial charge on any atom is -0.511 e. The highest BCUT2D eigenvalue weighted by atomic mass is 16.3. The first-order valence-electron chi connectivity index (χ1n) is 6.79. The smallest absolute Gasteiger partial charge is 0.102 e. The first kappa shape index (κ1) is 13.4. The number of pyridine rings is 1. The SMILES string of the molecule is C=C(O)C(N)Cc1c[nH]c2ccc(-c3ccncc3)cc12. The summed E-state index contributed by atoms with van der Waals surface area (Å²) < 4.78 is 0. The summed E-state index contributed by atoms with van der Waals surface area (Å²) in [6.07, 6.45) is 6.05. The van der Waals surface area contributed by atoms with Crippen molar-refractivity contribution in [2.24, 2.45) is 5.73 Å². The second-order valence-electron chi connectivity index (χ2n) is 5.11. The molecule has 0 saturated carbocycles. The van der Waals surface area contributed by atoms with Gasteiger partial charge >= 0.3 is 0 Å². The highest BCUT2D eigenvalue weighted by Crippen LogP contribution is 2.26. The molecule has 0 bridgehead atoms. The van der Waals surface area contributed by atoms with Crippen LogP contribution in [0.1, 0.15) is 5.56 Å². The van der Waals surface area contributed by atoms with Crippen LogP contribution in [0.15, 0.2) is 61.3 Å². The average Bonchev–Trinajstić information content (AvgIpc) is 2.90. The Morgan fingerprint density at radius 3 is 2.71 bits per heavy atom. The van der Waals surface area contributed by atoms with E-state index in [1.54, 1.807) is 12.4 Å². The van der Waals surface area contributed by atoms with Gasteiger partial charge in [0, 0.05) is 29.5 Å². The molecule has 0 aliphatic rings. The van der Waals surface area contributed by atoms with Gasteiger partial charge in [-0.25, -0.2) is 0 Å². The molecule has 3 aromatic rings. The molecule has 1 atom stereocenters. The molecule has 0 aliphatic heterocycles. The molecule has 2 aromatic heterocycles. The molecule has 106 valence electrons. The fraction of sp³-hybridized carbons (Fsp3) is 0.118. The molecule has 1 aromatic carbocycles. The van der Waals surface area contributed by atoms with Crippen LogP contribution in [0.2, 0.25) is 0 Å². The molecular weight excluding hydrogens is 262 g/mol. The average molecular weight is 279 g/mol. The van der Waals surface area contributed by atoms with E-state index < -0.39 is 6.04 Å². The van der Waals surface area contributed by atoms with Crippen molar-refractivity contribution in [1.82, 2.24) is 9.97 Å². The Bertz CT molecular complexity index is 777. The summed E-state index contributed by atoms with van der Waals surface area (Å²) in [6, 6.07) is 9.76. The van der Waals surface area contributed by atoms with E-state index >= 15 is 0 Å². The number of nitrogens with one attached hydrogen (secondary N) is 1. The Morgan fingerprint density at radius 1 is 1.24 bits per heavy atom. The largest absolute Gasteiger partial charge is 0.511 e. The van der Waals surface area contributed by atoms with E-state index in [2.05, 4.69) is 28.7 Å². The van der Waals surface area contributed by atoms with Crippen LogP contribution in [-0.2, 0) is 6.42 Å². The van der Waals surface area contributed by atoms with Crippen LogP contribution in [-0.4, -0.2) is 21.1 Å². The van der Waals surface area contributed by atoms with Gasteiger partial charge in [-0.1, -0.05) is 12.6 Å². The third kappa shape index (κ3) is 2.66. The molecule has 4 nitrogen and oxygen atoms in total. The van der Waals surface area contributed by atoms with Gasteiger partial charge < -0.3 is 15.8 Å². The van der Waals surface area contributed by atoms with Crippen molar-refractivity contribution < 1.29 is 5.11 Å². The first-order valence-corrected chi connectivity index (χ1v) is 6.79. The summed E-state index contributed by atoms with van der Waals surface area (Å²) >= 11 is 0. The third-order valence-electron chi connectivity index (χ3n) is 3.65. The lowest BCUT2D eigenvalue weighted by Gasteiger charge is -2.09. The topological polar surface area (TPSA) is 74.9 Å². The zero-order chi connectivity index (χ0) is 14.8. The number of fused-ring (bicyclic) bond motifs is 1. The van der Waals surface area contributed by atoms with Crippen LogP contribution in [0.25, 0.3) is 22.0 Å². The predicted octanol–water partition coefficient (Wildman–Crippen LogP) is 3.17. The molecule has 0 saturated heterocycles. The predicted molar refractivity (Wildman–Crippen MR) is 85.0 cm³/mol. The molecule has 0 fully saturated rings. The van der Waals surface area contributed by atoms with Crippen LogP contribution in [0.4, 0.5) is 0 Å². The van der Waals surface area contributed by atoms with E-state index in [0.717, 1.165) is 27.6 Å². The maximum absolute atomic E-state index is 9.39. The molecule has 0 amide bonds. The lowest BCUT2D eigenvalue weighted by molar-refractivity contribution is 0.369. The van der Waals surface area contributed by atoms with Crippen LogP contribution >= 0.6 is 0 Å². The van der Waals surface area contributed by atoms with Gasteiger partial charge in [-0.15, -0.1) is 0 Å². The fourth-order valence-corrected chi connectivity index (χ4v) is 2.43. The summed E-state index contributed by atoms with van der Waals surface area (Å²) in [5.41, 5.74) is 10.3. The minimum atomic E-state index is -0.450. The van der Waals surface area contributed by atoms with Crippen molar-refractivity contribution in [3.05, 3.63) is 66.8 Å². The van der Waals surface area contributed by atoms with E-state index in [1.807, 2.05) is 24.4 Å². The summed E-state index contributed by atoms with van der Waals surface area (Å²) in [5, 5.41) is 10.5. The molecular formula is C17H17N3O. The second-order valence-corrected chi connectivity index (χ2v) is 5.11. The number of aliphatic hydroxyl groups excluding tert-OH is 1. The number of hydrogen-bond donors (Lipinski definition) is 3. The van der Waals surface area contributed by atoms with E-state index in [0.29, 0.717) is 6.42 Å². The standard InChI is InChI=1S/C17H17N3O/c1-11(21)16(18)9-14-10-20-17-3-2-13(8-15(14)17)12-4-6-19-7-5-12/h2-8,10,16,20-21H,1,9,18H2. The Hall–Kier alpha value is -2.59. The molecule has 3 rings (SSSR count). The van der Waals surface area contributed by atoms with Crippen LogP contribution < -0.4 is 5.73 Å². The van der Waals surface area contributed by atoms with Crippen molar-refractivity contribution >= 4 is 10.9 Å². The Kier molecular flexibility index (Phi) is 3.46. The number of rotatable bonds is 4. The molecule has 0 radical (unpaired) electrons. The first-order chi connectivity index (χ1) is 10.1. The van der Waals surface area contributed by atoms with E-state index in [4.69, 9.17) is 5.73 Å². The summed E-state index contributed by atoms with van der Waals surface area (Å²) in [4.78, 5) is 7.27. The highest BCUT2D eigenvalue weighted by molar-refractivity contribution is 5.88. The lowest BCUT2D eigenvalue weighted by Crippen LogP contribution is -2.24. The Morgan fingerprint density at radius 2 is 2.00 bits per heavy atom. The van der Waals surface area contributed by atoms with E-state index in [9.17, 15) is 5.11 Å². The highest BCUT2D eigenvalue weighted by Gasteiger charge is 2.11.